The number of nitriles is 1. The van der Waals surface area contributed by atoms with Gasteiger partial charge in [0.2, 0.25) is 0 Å². The molecule has 0 spiro atoms. The molecule has 2 aromatic rings. The average molecular weight is 210 g/mol. The summed E-state index contributed by atoms with van der Waals surface area (Å²) in [5, 5.41) is 8.58. The molecular weight excluding hydrogens is 200 g/mol. The van der Waals surface area contributed by atoms with Gasteiger partial charge in [-0.1, -0.05) is 30.3 Å². The minimum Gasteiger partial charge on any atom is -0.487 e. The monoisotopic (exact) mass is 210 g/mol. The summed E-state index contributed by atoms with van der Waals surface area (Å²) in [4.78, 5) is 3.92. The molecule has 0 aliphatic carbocycles. The molecule has 1 aromatic carbocycles. The third kappa shape index (κ3) is 2.58. The van der Waals surface area contributed by atoms with E-state index in [9.17, 15) is 0 Å². The first-order valence-electron chi connectivity index (χ1n) is 4.91. The zero-order valence-electron chi connectivity index (χ0n) is 8.63. The van der Waals surface area contributed by atoms with Gasteiger partial charge in [-0.3, -0.25) is 0 Å². The van der Waals surface area contributed by atoms with Gasteiger partial charge in [-0.15, -0.1) is 0 Å². The first-order valence-corrected chi connectivity index (χ1v) is 4.91. The van der Waals surface area contributed by atoms with Crippen molar-refractivity contribution in [3.05, 3.63) is 59.9 Å². The van der Waals surface area contributed by atoms with E-state index in [0.717, 1.165) is 5.56 Å². The van der Waals surface area contributed by atoms with Gasteiger partial charge in [-0.2, -0.15) is 5.26 Å². The second-order valence-corrected chi connectivity index (χ2v) is 3.27. The van der Waals surface area contributed by atoms with Crippen LogP contribution in [-0.2, 0) is 6.61 Å². The molecule has 0 N–H and O–H groups in total. The van der Waals surface area contributed by atoms with Crippen LogP contribution in [0, 0.1) is 11.3 Å². The molecule has 0 amide bonds. The van der Waals surface area contributed by atoms with Crippen LogP contribution in [0.4, 0.5) is 0 Å². The maximum atomic E-state index is 8.58. The summed E-state index contributed by atoms with van der Waals surface area (Å²) in [6, 6.07) is 15.2. The molecule has 0 radical (unpaired) electrons. The van der Waals surface area contributed by atoms with E-state index >= 15 is 0 Å². The Labute approximate surface area is 93.9 Å². The zero-order valence-corrected chi connectivity index (χ0v) is 8.63. The van der Waals surface area contributed by atoms with Crippen LogP contribution in [0.2, 0.25) is 0 Å². The molecule has 3 nitrogen and oxygen atoms in total. The van der Waals surface area contributed by atoms with Crippen molar-refractivity contribution in [3.63, 3.8) is 0 Å². The minimum absolute atomic E-state index is 0.395. The molecule has 1 heterocycles. The number of rotatable bonds is 3. The van der Waals surface area contributed by atoms with Gasteiger partial charge >= 0.3 is 0 Å². The lowest BCUT2D eigenvalue weighted by Gasteiger charge is -2.05. The maximum Gasteiger partial charge on any atom is 0.140 e. The lowest BCUT2D eigenvalue weighted by Crippen LogP contribution is -1.95. The second-order valence-electron chi connectivity index (χ2n) is 3.27. The van der Waals surface area contributed by atoms with Crippen LogP contribution in [0.15, 0.2) is 48.7 Å². The van der Waals surface area contributed by atoms with Gasteiger partial charge < -0.3 is 4.74 Å². The quantitative estimate of drug-likeness (QED) is 0.782. The van der Waals surface area contributed by atoms with Crippen LogP contribution >= 0.6 is 0 Å². The SMILES string of the molecule is N#Cc1ccc(OCc2ccccc2)cn1. The number of aromatic nitrogens is 1. The normalized spacial score (nSPS) is 9.44. The smallest absolute Gasteiger partial charge is 0.140 e. The van der Waals surface area contributed by atoms with E-state index in [1.54, 1.807) is 18.3 Å². The number of nitrogens with zero attached hydrogens (tertiary/aromatic N) is 2. The van der Waals surface area contributed by atoms with Crippen molar-refractivity contribution >= 4 is 0 Å². The van der Waals surface area contributed by atoms with Gasteiger partial charge in [0.1, 0.15) is 24.1 Å². The van der Waals surface area contributed by atoms with Crippen LogP contribution in [0.1, 0.15) is 11.3 Å². The first-order chi connectivity index (χ1) is 7.88. The van der Waals surface area contributed by atoms with Gasteiger partial charge in [0.15, 0.2) is 0 Å². The van der Waals surface area contributed by atoms with Gasteiger partial charge in [0.25, 0.3) is 0 Å². The Morgan fingerprint density at radius 2 is 1.94 bits per heavy atom. The standard InChI is InChI=1S/C13H10N2O/c14-8-12-6-7-13(9-15-12)16-10-11-4-2-1-3-5-11/h1-7,9H,10H2. The van der Waals surface area contributed by atoms with Crippen molar-refractivity contribution in [2.24, 2.45) is 0 Å². The number of pyridine rings is 1. The zero-order chi connectivity index (χ0) is 11.2. The van der Waals surface area contributed by atoms with Crippen LogP contribution in [0.5, 0.6) is 5.75 Å². The average Bonchev–Trinajstić information content (AvgIpc) is 2.38. The number of ether oxygens (including phenoxy) is 1. The Morgan fingerprint density at radius 1 is 1.12 bits per heavy atom. The van der Waals surface area contributed by atoms with Gasteiger partial charge in [0, 0.05) is 0 Å². The summed E-state index contributed by atoms with van der Waals surface area (Å²) >= 11 is 0. The van der Waals surface area contributed by atoms with E-state index in [4.69, 9.17) is 10.00 Å². The highest BCUT2D eigenvalue weighted by Gasteiger charge is 1.96. The summed E-state index contributed by atoms with van der Waals surface area (Å²) in [5.41, 5.74) is 1.50. The van der Waals surface area contributed by atoms with E-state index in [1.165, 1.54) is 0 Å². The maximum absolute atomic E-state index is 8.58. The van der Waals surface area contributed by atoms with Gasteiger partial charge in [-0.25, -0.2) is 4.98 Å². The van der Waals surface area contributed by atoms with E-state index in [1.807, 2.05) is 36.4 Å². The molecule has 1 aromatic heterocycles. The summed E-state index contributed by atoms with van der Waals surface area (Å²) in [5.74, 6) is 0.669. The van der Waals surface area contributed by atoms with Crippen LogP contribution < -0.4 is 4.74 Å². The predicted molar refractivity (Wildman–Crippen MR) is 59.7 cm³/mol. The van der Waals surface area contributed by atoms with Crippen molar-refractivity contribution in [2.75, 3.05) is 0 Å². The Balaban J connectivity index is 1.98. The highest BCUT2D eigenvalue weighted by atomic mass is 16.5. The minimum atomic E-state index is 0.395. The molecule has 16 heavy (non-hydrogen) atoms. The molecule has 3 heteroatoms. The lowest BCUT2D eigenvalue weighted by atomic mass is 10.2. The molecule has 0 atom stereocenters. The van der Waals surface area contributed by atoms with E-state index in [-0.39, 0.29) is 0 Å². The summed E-state index contributed by atoms with van der Waals surface area (Å²) < 4.78 is 5.52. The van der Waals surface area contributed by atoms with Crippen molar-refractivity contribution in [1.82, 2.24) is 4.98 Å². The molecule has 0 unspecified atom stereocenters. The second kappa shape index (κ2) is 4.94. The summed E-state index contributed by atoms with van der Waals surface area (Å²) in [7, 11) is 0. The number of hydrogen-bond acceptors (Lipinski definition) is 3. The molecule has 0 saturated heterocycles. The van der Waals surface area contributed by atoms with E-state index < -0.39 is 0 Å². The van der Waals surface area contributed by atoms with Gasteiger partial charge in [0.05, 0.1) is 6.20 Å². The molecular formula is C13H10N2O. The van der Waals surface area contributed by atoms with Crippen LogP contribution in [0.25, 0.3) is 0 Å². The highest BCUT2D eigenvalue weighted by molar-refractivity contribution is 5.26. The fourth-order valence-corrected chi connectivity index (χ4v) is 1.27. The molecule has 0 aliphatic heterocycles. The molecule has 0 bridgehead atoms. The fraction of sp³-hybridized carbons (Fsp3) is 0.0769. The lowest BCUT2D eigenvalue weighted by molar-refractivity contribution is 0.305. The molecule has 0 saturated carbocycles. The fourth-order valence-electron chi connectivity index (χ4n) is 1.27. The summed E-state index contributed by atoms with van der Waals surface area (Å²) in [6.07, 6.45) is 1.56. The largest absolute Gasteiger partial charge is 0.487 e. The van der Waals surface area contributed by atoms with Crippen molar-refractivity contribution < 1.29 is 4.74 Å². The van der Waals surface area contributed by atoms with Crippen molar-refractivity contribution in [3.8, 4) is 11.8 Å². The highest BCUT2D eigenvalue weighted by Crippen LogP contribution is 2.11. The number of benzene rings is 1. The molecule has 2 rings (SSSR count). The Morgan fingerprint density at radius 3 is 2.56 bits per heavy atom. The van der Waals surface area contributed by atoms with Crippen LogP contribution in [-0.4, -0.2) is 4.98 Å². The Hall–Kier alpha value is -2.34. The van der Waals surface area contributed by atoms with E-state index in [0.29, 0.717) is 18.1 Å². The molecule has 78 valence electrons. The third-order valence-corrected chi connectivity index (χ3v) is 2.10. The third-order valence-electron chi connectivity index (χ3n) is 2.10. The topological polar surface area (TPSA) is 45.9 Å². The number of hydrogen-bond donors (Lipinski definition) is 0. The Kier molecular flexibility index (Phi) is 3.15. The van der Waals surface area contributed by atoms with Crippen molar-refractivity contribution in [2.45, 2.75) is 6.61 Å². The van der Waals surface area contributed by atoms with Crippen molar-refractivity contribution in [1.29, 1.82) is 5.26 Å². The van der Waals surface area contributed by atoms with Gasteiger partial charge in [-0.05, 0) is 17.7 Å². The van der Waals surface area contributed by atoms with Crippen LogP contribution in [0.3, 0.4) is 0 Å². The molecule has 0 aliphatic rings. The van der Waals surface area contributed by atoms with E-state index in [2.05, 4.69) is 4.98 Å². The predicted octanol–water partition coefficient (Wildman–Crippen LogP) is 2.53. The Bertz CT molecular complexity index is 486. The first kappa shape index (κ1) is 10.2. The molecule has 0 fully saturated rings. The summed E-state index contributed by atoms with van der Waals surface area (Å²) in [6.45, 7) is 0.508.